The van der Waals surface area contributed by atoms with E-state index >= 15 is 0 Å². The zero-order chi connectivity index (χ0) is 11.4. The maximum absolute atomic E-state index is 13.3. The van der Waals surface area contributed by atoms with Crippen LogP contribution in [0.3, 0.4) is 0 Å². The van der Waals surface area contributed by atoms with Crippen LogP contribution in [0.2, 0.25) is 0 Å². The molecule has 2 heteroatoms. The maximum atomic E-state index is 13.3. The van der Waals surface area contributed by atoms with E-state index in [1.807, 2.05) is 0 Å². The van der Waals surface area contributed by atoms with E-state index in [0.717, 1.165) is 12.0 Å². The van der Waals surface area contributed by atoms with Crippen LogP contribution in [-0.2, 0) is 17.6 Å². The van der Waals surface area contributed by atoms with Crippen molar-refractivity contribution in [1.29, 1.82) is 0 Å². The molecule has 0 spiro atoms. The third-order valence-corrected chi connectivity index (χ3v) is 2.19. The van der Waals surface area contributed by atoms with Crippen molar-refractivity contribution in [3.63, 3.8) is 0 Å². The van der Waals surface area contributed by atoms with Gasteiger partial charge in [0.1, 0.15) is 11.6 Å². The number of carbonyl (C=O) groups is 1. The van der Waals surface area contributed by atoms with Gasteiger partial charge in [-0.05, 0) is 36.5 Å². The van der Waals surface area contributed by atoms with E-state index < -0.39 is 0 Å². The minimum absolute atomic E-state index is 0.00408. The van der Waals surface area contributed by atoms with Crippen LogP contribution in [0.4, 0.5) is 4.39 Å². The van der Waals surface area contributed by atoms with Crippen LogP contribution >= 0.6 is 0 Å². The van der Waals surface area contributed by atoms with Crippen molar-refractivity contribution < 1.29 is 9.18 Å². The number of carbonyl (C=O) groups excluding carboxylic acids is 1. The van der Waals surface area contributed by atoms with E-state index in [1.54, 1.807) is 12.1 Å². The largest absolute Gasteiger partial charge is 0.300 e. The van der Waals surface area contributed by atoms with E-state index in [1.165, 1.54) is 13.0 Å². The summed E-state index contributed by atoms with van der Waals surface area (Å²) in [7, 11) is 0. The van der Waals surface area contributed by atoms with Crippen LogP contribution in [-0.4, -0.2) is 5.78 Å². The molecule has 0 aromatic heterocycles. The highest BCUT2D eigenvalue weighted by Gasteiger charge is 2.07. The molecule has 0 saturated heterocycles. The van der Waals surface area contributed by atoms with Gasteiger partial charge in [0, 0.05) is 6.42 Å². The second-order valence-corrected chi connectivity index (χ2v) is 4.40. The first-order valence-corrected chi connectivity index (χ1v) is 5.25. The number of ketones is 1. The van der Waals surface area contributed by atoms with Gasteiger partial charge in [-0.2, -0.15) is 0 Å². The van der Waals surface area contributed by atoms with E-state index in [-0.39, 0.29) is 18.0 Å². The van der Waals surface area contributed by atoms with Gasteiger partial charge in [-0.3, -0.25) is 4.79 Å². The van der Waals surface area contributed by atoms with Gasteiger partial charge < -0.3 is 0 Å². The number of halogens is 1. The second-order valence-electron chi connectivity index (χ2n) is 4.40. The number of hydrogen-bond donors (Lipinski definition) is 0. The smallest absolute Gasteiger partial charge is 0.134 e. The average Bonchev–Trinajstić information content (AvgIpc) is 2.09. The van der Waals surface area contributed by atoms with E-state index in [2.05, 4.69) is 13.8 Å². The predicted octanol–water partition coefficient (Wildman–Crippen LogP) is 3.16. The SMILES string of the molecule is CC(=O)Cc1cc(CC(C)C)ccc1F. The number of Topliss-reactive ketones (excluding diaryl/α,β-unsaturated/α-hetero) is 1. The van der Waals surface area contributed by atoms with Crippen LogP contribution in [0.15, 0.2) is 18.2 Å². The highest BCUT2D eigenvalue weighted by atomic mass is 19.1. The molecule has 82 valence electrons. The van der Waals surface area contributed by atoms with E-state index in [9.17, 15) is 9.18 Å². The fourth-order valence-corrected chi connectivity index (χ4v) is 1.63. The molecular formula is C13H17FO. The summed E-state index contributed by atoms with van der Waals surface area (Å²) in [4.78, 5) is 10.9. The Labute approximate surface area is 90.3 Å². The zero-order valence-electron chi connectivity index (χ0n) is 9.51. The molecule has 0 atom stereocenters. The Morgan fingerprint density at radius 2 is 2.07 bits per heavy atom. The fourth-order valence-electron chi connectivity index (χ4n) is 1.63. The molecule has 0 radical (unpaired) electrons. The van der Waals surface area contributed by atoms with E-state index in [4.69, 9.17) is 0 Å². The Morgan fingerprint density at radius 1 is 1.40 bits per heavy atom. The molecule has 1 aromatic carbocycles. The summed E-state index contributed by atoms with van der Waals surface area (Å²) >= 11 is 0. The quantitative estimate of drug-likeness (QED) is 0.742. The van der Waals surface area contributed by atoms with Gasteiger partial charge in [-0.15, -0.1) is 0 Å². The molecule has 0 fully saturated rings. The van der Waals surface area contributed by atoms with Crippen molar-refractivity contribution in [2.75, 3.05) is 0 Å². The first-order chi connectivity index (χ1) is 6.99. The summed E-state index contributed by atoms with van der Waals surface area (Å²) in [6.07, 6.45) is 1.11. The topological polar surface area (TPSA) is 17.1 Å². The first kappa shape index (κ1) is 11.9. The van der Waals surface area contributed by atoms with Crippen molar-refractivity contribution in [2.24, 2.45) is 5.92 Å². The molecule has 1 nitrogen and oxygen atoms in total. The molecule has 0 amide bonds. The lowest BCUT2D eigenvalue weighted by Gasteiger charge is -2.07. The van der Waals surface area contributed by atoms with Gasteiger partial charge in [0.15, 0.2) is 0 Å². The van der Waals surface area contributed by atoms with Gasteiger partial charge in [0.25, 0.3) is 0 Å². The van der Waals surface area contributed by atoms with Gasteiger partial charge in [-0.25, -0.2) is 4.39 Å². The number of rotatable bonds is 4. The lowest BCUT2D eigenvalue weighted by atomic mass is 9.99. The Hall–Kier alpha value is -1.18. The summed E-state index contributed by atoms with van der Waals surface area (Å²) in [6, 6.07) is 5.05. The molecule has 0 aliphatic rings. The van der Waals surface area contributed by atoms with E-state index in [0.29, 0.717) is 11.5 Å². The summed E-state index contributed by atoms with van der Waals surface area (Å²) in [5.74, 6) is 0.258. The molecule has 1 rings (SSSR count). The fraction of sp³-hybridized carbons (Fsp3) is 0.462. The van der Waals surface area contributed by atoms with Gasteiger partial charge in [0.05, 0.1) is 0 Å². The molecule has 1 aromatic rings. The van der Waals surface area contributed by atoms with Crippen molar-refractivity contribution >= 4 is 5.78 Å². The molecule has 0 saturated carbocycles. The van der Waals surface area contributed by atoms with Crippen molar-refractivity contribution in [3.05, 3.63) is 35.1 Å². The molecular weight excluding hydrogens is 191 g/mol. The van der Waals surface area contributed by atoms with Gasteiger partial charge in [0.2, 0.25) is 0 Å². The summed E-state index contributed by atoms with van der Waals surface area (Å²) in [5.41, 5.74) is 1.61. The Bertz CT molecular complexity index is 356. The summed E-state index contributed by atoms with van der Waals surface area (Å²) < 4.78 is 13.3. The lowest BCUT2D eigenvalue weighted by molar-refractivity contribution is -0.116. The predicted molar refractivity (Wildman–Crippen MR) is 59.3 cm³/mol. The Kier molecular flexibility index (Phi) is 4.01. The Balaban J connectivity index is 2.89. The minimum Gasteiger partial charge on any atom is -0.300 e. The standard InChI is InChI=1S/C13H17FO/c1-9(2)6-11-4-5-13(14)12(8-11)7-10(3)15/h4-5,8-9H,6-7H2,1-3H3. The Morgan fingerprint density at radius 3 is 2.60 bits per heavy atom. The van der Waals surface area contributed by atoms with Gasteiger partial charge >= 0.3 is 0 Å². The van der Waals surface area contributed by atoms with Crippen LogP contribution in [0, 0.1) is 11.7 Å². The minimum atomic E-state index is -0.280. The first-order valence-electron chi connectivity index (χ1n) is 5.25. The van der Waals surface area contributed by atoms with Crippen LogP contribution in [0.1, 0.15) is 31.9 Å². The van der Waals surface area contributed by atoms with Crippen LogP contribution in [0.25, 0.3) is 0 Å². The van der Waals surface area contributed by atoms with Crippen LogP contribution in [0.5, 0.6) is 0 Å². The second kappa shape index (κ2) is 5.06. The molecule has 15 heavy (non-hydrogen) atoms. The number of hydrogen-bond acceptors (Lipinski definition) is 1. The highest BCUT2D eigenvalue weighted by Crippen LogP contribution is 2.14. The monoisotopic (exact) mass is 208 g/mol. The third kappa shape index (κ3) is 3.82. The molecule has 0 bridgehead atoms. The lowest BCUT2D eigenvalue weighted by Crippen LogP contribution is -2.02. The molecule has 0 N–H and O–H groups in total. The molecule has 0 aliphatic carbocycles. The summed E-state index contributed by atoms with van der Waals surface area (Å²) in [5, 5.41) is 0. The molecule has 0 aliphatic heterocycles. The normalized spacial score (nSPS) is 10.7. The maximum Gasteiger partial charge on any atom is 0.134 e. The summed E-state index contributed by atoms with van der Waals surface area (Å²) in [6.45, 7) is 5.72. The van der Waals surface area contributed by atoms with Crippen molar-refractivity contribution in [3.8, 4) is 0 Å². The van der Waals surface area contributed by atoms with Gasteiger partial charge in [-0.1, -0.05) is 26.0 Å². The zero-order valence-corrected chi connectivity index (χ0v) is 9.51. The highest BCUT2D eigenvalue weighted by molar-refractivity contribution is 5.78. The average molecular weight is 208 g/mol. The van der Waals surface area contributed by atoms with Crippen molar-refractivity contribution in [2.45, 2.75) is 33.6 Å². The van der Waals surface area contributed by atoms with Crippen molar-refractivity contribution in [1.82, 2.24) is 0 Å². The molecule has 0 heterocycles. The number of benzene rings is 1. The molecule has 0 unspecified atom stereocenters. The third-order valence-electron chi connectivity index (χ3n) is 2.19. The van der Waals surface area contributed by atoms with Crippen LogP contribution < -0.4 is 0 Å².